The number of nitrogens with two attached hydrogens (primary N) is 1. The Hall–Kier alpha value is -0.980. The summed E-state index contributed by atoms with van der Waals surface area (Å²) in [6.45, 7) is 1.22. The molecule has 1 saturated heterocycles. The summed E-state index contributed by atoms with van der Waals surface area (Å²) in [7, 11) is -3.53. The molecule has 1 aromatic heterocycles. The number of ether oxygens (including phenoxy) is 1. The Morgan fingerprint density at radius 1 is 1.61 bits per heavy atom. The molecule has 2 heterocycles. The molecule has 18 heavy (non-hydrogen) atoms. The largest absolute Gasteiger partial charge is 0.374 e. The van der Waals surface area contributed by atoms with Crippen LogP contribution in [0, 0.1) is 11.3 Å². The summed E-state index contributed by atoms with van der Waals surface area (Å²) in [5, 5.41) is 8.72. The summed E-state index contributed by atoms with van der Waals surface area (Å²) in [5.74, 6) is 0. The number of nitriles is 1. The SMILES string of the molecule is N#Cc1ccc(S(=O)(=O)N2CCOC(CN)C2)s1. The lowest BCUT2D eigenvalue weighted by Gasteiger charge is -2.31. The van der Waals surface area contributed by atoms with Crippen molar-refractivity contribution in [2.45, 2.75) is 10.3 Å². The van der Waals surface area contributed by atoms with Crippen molar-refractivity contribution in [1.82, 2.24) is 4.31 Å². The highest BCUT2D eigenvalue weighted by molar-refractivity contribution is 7.91. The Morgan fingerprint density at radius 3 is 3.00 bits per heavy atom. The molecule has 2 rings (SSSR count). The van der Waals surface area contributed by atoms with Gasteiger partial charge in [-0.2, -0.15) is 9.57 Å². The van der Waals surface area contributed by atoms with E-state index in [9.17, 15) is 8.42 Å². The maximum atomic E-state index is 12.3. The van der Waals surface area contributed by atoms with E-state index in [4.69, 9.17) is 15.7 Å². The Labute approximate surface area is 110 Å². The van der Waals surface area contributed by atoms with Crippen LogP contribution in [0.1, 0.15) is 4.88 Å². The van der Waals surface area contributed by atoms with Gasteiger partial charge < -0.3 is 10.5 Å². The molecule has 1 aliphatic rings. The van der Waals surface area contributed by atoms with E-state index in [1.165, 1.54) is 16.4 Å². The van der Waals surface area contributed by atoms with Gasteiger partial charge in [0.25, 0.3) is 10.0 Å². The van der Waals surface area contributed by atoms with Crippen molar-refractivity contribution >= 4 is 21.4 Å². The standard InChI is InChI=1S/C10H13N3O3S2/c11-5-8-7-13(3-4-16-8)18(14,15)10-2-1-9(6-12)17-10/h1-2,8H,3-5,7,11H2. The van der Waals surface area contributed by atoms with E-state index in [0.29, 0.717) is 24.6 Å². The van der Waals surface area contributed by atoms with Gasteiger partial charge in [0.2, 0.25) is 0 Å². The molecule has 2 N–H and O–H groups in total. The number of nitrogens with zero attached hydrogens (tertiary/aromatic N) is 2. The first kappa shape index (κ1) is 13.5. The minimum absolute atomic E-state index is 0.191. The minimum Gasteiger partial charge on any atom is -0.374 e. The summed E-state index contributed by atoms with van der Waals surface area (Å²) >= 11 is 0.979. The van der Waals surface area contributed by atoms with Gasteiger partial charge in [-0.15, -0.1) is 11.3 Å². The van der Waals surface area contributed by atoms with Crippen LogP contribution in [0.3, 0.4) is 0 Å². The fourth-order valence-corrected chi connectivity index (χ4v) is 4.41. The third kappa shape index (κ3) is 2.55. The van der Waals surface area contributed by atoms with Crippen LogP contribution in [0.2, 0.25) is 0 Å². The molecule has 1 atom stereocenters. The van der Waals surface area contributed by atoms with Crippen molar-refractivity contribution in [2.24, 2.45) is 5.73 Å². The van der Waals surface area contributed by atoms with Crippen LogP contribution in [-0.4, -0.2) is 45.1 Å². The van der Waals surface area contributed by atoms with Gasteiger partial charge in [-0.3, -0.25) is 0 Å². The molecule has 1 unspecified atom stereocenters. The van der Waals surface area contributed by atoms with Crippen molar-refractivity contribution < 1.29 is 13.2 Å². The monoisotopic (exact) mass is 287 g/mol. The van der Waals surface area contributed by atoms with Crippen LogP contribution >= 0.6 is 11.3 Å². The molecule has 8 heteroatoms. The molecule has 0 amide bonds. The summed E-state index contributed by atoms with van der Waals surface area (Å²) < 4.78 is 31.5. The summed E-state index contributed by atoms with van der Waals surface area (Å²) in [4.78, 5) is 0.386. The number of hydrogen-bond donors (Lipinski definition) is 1. The zero-order valence-corrected chi connectivity index (χ0v) is 11.2. The van der Waals surface area contributed by atoms with Crippen molar-refractivity contribution in [2.75, 3.05) is 26.2 Å². The molecular formula is C10H13N3O3S2. The second kappa shape index (κ2) is 5.34. The van der Waals surface area contributed by atoms with Crippen molar-refractivity contribution in [1.29, 1.82) is 5.26 Å². The van der Waals surface area contributed by atoms with Crippen LogP contribution in [0.25, 0.3) is 0 Å². The highest BCUT2D eigenvalue weighted by Crippen LogP contribution is 2.25. The van der Waals surface area contributed by atoms with E-state index in [0.717, 1.165) is 11.3 Å². The van der Waals surface area contributed by atoms with Gasteiger partial charge in [-0.25, -0.2) is 8.42 Å². The molecule has 98 valence electrons. The third-order valence-electron chi connectivity index (χ3n) is 2.65. The van der Waals surface area contributed by atoms with Gasteiger partial charge in [-0.1, -0.05) is 0 Å². The molecule has 1 aromatic rings. The summed E-state index contributed by atoms with van der Waals surface area (Å²) in [5.41, 5.74) is 5.49. The van der Waals surface area contributed by atoms with Crippen LogP contribution in [0.15, 0.2) is 16.3 Å². The molecule has 1 fully saturated rings. The lowest BCUT2D eigenvalue weighted by molar-refractivity contribution is 0.00456. The van der Waals surface area contributed by atoms with Gasteiger partial charge in [0, 0.05) is 19.6 Å². The Balaban J connectivity index is 2.23. The third-order valence-corrected chi connectivity index (χ3v) is 5.97. The van der Waals surface area contributed by atoms with E-state index in [-0.39, 0.29) is 16.9 Å². The Morgan fingerprint density at radius 2 is 2.39 bits per heavy atom. The predicted molar refractivity (Wildman–Crippen MR) is 66.6 cm³/mol. The molecule has 0 spiro atoms. The van der Waals surface area contributed by atoms with E-state index in [1.54, 1.807) is 0 Å². The van der Waals surface area contributed by atoms with E-state index in [2.05, 4.69) is 0 Å². The summed E-state index contributed by atoms with van der Waals surface area (Å²) in [6, 6.07) is 4.91. The van der Waals surface area contributed by atoms with Crippen LogP contribution < -0.4 is 5.73 Å². The first-order valence-corrected chi connectivity index (χ1v) is 7.65. The van der Waals surface area contributed by atoms with Crippen LogP contribution in [-0.2, 0) is 14.8 Å². The maximum absolute atomic E-state index is 12.3. The van der Waals surface area contributed by atoms with Crippen molar-refractivity contribution in [3.8, 4) is 6.07 Å². The van der Waals surface area contributed by atoms with Gasteiger partial charge in [0.05, 0.1) is 12.7 Å². The number of thiophene rings is 1. The van der Waals surface area contributed by atoms with Gasteiger partial charge >= 0.3 is 0 Å². The van der Waals surface area contributed by atoms with Gasteiger partial charge in [-0.05, 0) is 12.1 Å². The second-order valence-corrected chi connectivity index (χ2v) is 7.07. The number of sulfonamides is 1. The smallest absolute Gasteiger partial charge is 0.252 e. The zero-order valence-electron chi connectivity index (χ0n) is 9.57. The minimum atomic E-state index is -3.53. The molecule has 6 nitrogen and oxygen atoms in total. The molecule has 1 aliphatic heterocycles. The highest BCUT2D eigenvalue weighted by atomic mass is 32.2. The molecule has 0 saturated carbocycles. The second-order valence-electron chi connectivity index (χ2n) is 3.82. The predicted octanol–water partition coefficient (Wildman–Crippen LogP) is -0.0320. The van der Waals surface area contributed by atoms with E-state index >= 15 is 0 Å². The van der Waals surface area contributed by atoms with Gasteiger partial charge in [0.1, 0.15) is 15.2 Å². The molecular weight excluding hydrogens is 274 g/mol. The van der Waals surface area contributed by atoms with Crippen LogP contribution in [0.4, 0.5) is 0 Å². The fraction of sp³-hybridized carbons (Fsp3) is 0.500. The number of hydrogen-bond acceptors (Lipinski definition) is 6. The fourth-order valence-electron chi connectivity index (χ4n) is 1.70. The maximum Gasteiger partial charge on any atom is 0.252 e. The number of rotatable bonds is 3. The summed E-state index contributed by atoms with van der Waals surface area (Å²) in [6.07, 6.45) is -0.260. The topological polar surface area (TPSA) is 96.4 Å². The highest BCUT2D eigenvalue weighted by Gasteiger charge is 2.31. The average Bonchev–Trinajstić information content (AvgIpc) is 2.88. The first-order chi connectivity index (χ1) is 8.57. The van der Waals surface area contributed by atoms with E-state index in [1.807, 2.05) is 6.07 Å². The van der Waals surface area contributed by atoms with Gasteiger partial charge in [0.15, 0.2) is 0 Å². The Kier molecular flexibility index (Phi) is 3.99. The Bertz CT molecular complexity index is 561. The van der Waals surface area contributed by atoms with Crippen molar-refractivity contribution in [3.63, 3.8) is 0 Å². The van der Waals surface area contributed by atoms with Crippen molar-refractivity contribution in [3.05, 3.63) is 17.0 Å². The molecule has 0 aliphatic carbocycles. The normalized spacial score (nSPS) is 21.7. The molecule has 0 radical (unpaired) electrons. The van der Waals surface area contributed by atoms with E-state index < -0.39 is 10.0 Å². The lowest BCUT2D eigenvalue weighted by Crippen LogP contribution is -2.47. The first-order valence-electron chi connectivity index (χ1n) is 5.39. The average molecular weight is 287 g/mol. The number of morpholine rings is 1. The molecule has 0 aromatic carbocycles. The lowest BCUT2D eigenvalue weighted by atomic mass is 10.3. The van der Waals surface area contributed by atoms with Crippen LogP contribution in [0.5, 0.6) is 0 Å². The molecule has 0 bridgehead atoms. The zero-order chi connectivity index (χ0) is 13.2. The quantitative estimate of drug-likeness (QED) is 0.842.